The molecule has 10 heteroatoms. The van der Waals surface area contributed by atoms with Crippen LogP contribution < -0.4 is 5.32 Å². The maximum Gasteiger partial charge on any atom is 0.418 e. The quantitative estimate of drug-likeness (QED) is 0.412. The Morgan fingerprint density at radius 2 is 1.84 bits per heavy atom. The molecule has 5 rings (SSSR count). The lowest BCUT2D eigenvalue weighted by Crippen LogP contribution is -2.43. The summed E-state index contributed by atoms with van der Waals surface area (Å²) in [4.78, 5) is 21.5. The highest BCUT2D eigenvalue weighted by Gasteiger charge is 2.34. The second kappa shape index (κ2) is 10.7. The molecule has 0 spiro atoms. The van der Waals surface area contributed by atoms with Crippen LogP contribution in [0.2, 0.25) is 0 Å². The summed E-state index contributed by atoms with van der Waals surface area (Å²) >= 11 is 0. The summed E-state index contributed by atoms with van der Waals surface area (Å²) in [6.07, 6.45) is -1.40. The molecule has 0 saturated carbocycles. The number of nitrogens with one attached hydrogen (secondary N) is 1. The number of aromatic nitrogens is 3. The molecule has 4 aromatic rings. The molecule has 194 valence electrons. The average Bonchev–Trinajstić information content (AvgIpc) is 3.32. The second-order valence-electron chi connectivity index (χ2n) is 9.18. The highest BCUT2D eigenvalue weighted by atomic mass is 19.4. The summed E-state index contributed by atoms with van der Waals surface area (Å²) in [6.45, 7) is 3.76. The third-order valence-electron chi connectivity index (χ3n) is 6.38. The van der Waals surface area contributed by atoms with Gasteiger partial charge in [0.25, 0.3) is 5.91 Å². The monoisotopic (exact) mass is 518 g/mol. The van der Waals surface area contributed by atoms with Crippen LogP contribution in [0.15, 0.2) is 67.0 Å². The molecular weight excluding hydrogens is 493 g/mol. The number of halogens is 3. The number of piperazine rings is 1. The molecule has 0 atom stereocenters. The smallest absolute Gasteiger partial charge is 0.321 e. The molecule has 1 aliphatic heterocycles. The fourth-order valence-corrected chi connectivity index (χ4v) is 4.28. The third-order valence-corrected chi connectivity index (χ3v) is 6.38. The van der Waals surface area contributed by atoms with E-state index in [4.69, 9.17) is 0 Å². The zero-order valence-corrected chi connectivity index (χ0v) is 20.7. The van der Waals surface area contributed by atoms with Gasteiger partial charge >= 0.3 is 6.18 Å². The van der Waals surface area contributed by atoms with Crippen LogP contribution in [0.4, 0.5) is 18.9 Å². The van der Waals surface area contributed by atoms with Crippen LogP contribution in [-0.4, -0.2) is 63.5 Å². The summed E-state index contributed by atoms with van der Waals surface area (Å²) in [6, 6.07) is 14.1. The number of carbonyl (C=O) groups excluding carboxylic acids is 1. The minimum absolute atomic E-state index is 0.197. The number of nitrogens with zero attached hydrogens (tertiary/aromatic N) is 5. The molecule has 3 heterocycles. The van der Waals surface area contributed by atoms with E-state index >= 15 is 0 Å². The number of alkyl halides is 3. The second-order valence-corrected chi connectivity index (χ2v) is 9.18. The highest BCUT2D eigenvalue weighted by Crippen LogP contribution is 2.36. The van der Waals surface area contributed by atoms with Crippen LogP contribution in [0.3, 0.4) is 0 Å². The van der Waals surface area contributed by atoms with Crippen molar-refractivity contribution in [3.8, 4) is 11.8 Å². The number of fused-ring (bicyclic) bond motifs is 1. The summed E-state index contributed by atoms with van der Waals surface area (Å²) in [5, 5.41) is 6.65. The van der Waals surface area contributed by atoms with E-state index < -0.39 is 17.6 Å². The molecule has 0 aliphatic carbocycles. The zero-order chi connectivity index (χ0) is 26.7. The molecule has 2 aromatic carbocycles. The normalized spacial score (nSPS) is 14.7. The van der Waals surface area contributed by atoms with E-state index in [9.17, 15) is 18.0 Å². The van der Waals surface area contributed by atoms with Crippen LogP contribution in [0.25, 0.3) is 5.65 Å². The third kappa shape index (κ3) is 5.85. The number of hydrogen-bond acceptors (Lipinski definition) is 5. The molecule has 2 aromatic heterocycles. The average molecular weight is 519 g/mol. The number of benzene rings is 2. The molecule has 0 bridgehead atoms. The Balaban J connectivity index is 1.33. The Kier molecular flexibility index (Phi) is 7.13. The highest BCUT2D eigenvalue weighted by molar-refractivity contribution is 6.05. The van der Waals surface area contributed by atoms with Crippen LogP contribution in [0, 0.1) is 11.8 Å². The van der Waals surface area contributed by atoms with E-state index in [2.05, 4.69) is 37.0 Å². The van der Waals surface area contributed by atoms with Crippen molar-refractivity contribution in [3.63, 3.8) is 0 Å². The van der Waals surface area contributed by atoms with E-state index in [1.165, 1.54) is 18.2 Å². The fourth-order valence-electron chi connectivity index (χ4n) is 4.28. The summed E-state index contributed by atoms with van der Waals surface area (Å²) in [5.74, 6) is 5.29. The van der Waals surface area contributed by atoms with Crippen molar-refractivity contribution in [2.75, 3.05) is 38.5 Å². The maximum absolute atomic E-state index is 13.9. The van der Waals surface area contributed by atoms with Crippen molar-refractivity contribution < 1.29 is 18.0 Å². The van der Waals surface area contributed by atoms with Crippen molar-refractivity contribution in [2.45, 2.75) is 12.7 Å². The lowest BCUT2D eigenvalue weighted by molar-refractivity contribution is -0.137. The first kappa shape index (κ1) is 25.4. The first-order chi connectivity index (χ1) is 18.3. The summed E-state index contributed by atoms with van der Waals surface area (Å²) in [7, 11) is 2.03. The molecule has 0 radical (unpaired) electrons. The predicted octanol–water partition coefficient (Wildman–Crippen LogP) is 4.15. The van der Waals surface area contributed by atoms with Gasteiger partial charge in [0.05, 0.1) is 17.4 Å². The largest absolute Gasteiger partial charge is 0.418 e. The fraction of sp³-hybridized carbons (Fsp3) is 0.250. The standard InChI is InChI=1S/C28H25F3N6O/c1-35-12-14-36(15-13-35)19-21-8-10-25(24(17-21)28(29,30)31)34-27(38)22-5-2-4-20(16-22)7-9-23-18-32-26-6-3-11-33-37(23)26/h2-6,8,10-11,16-18H,12-15,19H2,1H3,(H,34,38). The minimum Gasteiger partial charge on any atom is -0.321 e. The Morgan fingerprint density at radius 1 is 1.03 bits per heavy atom. The number of hydrogen-bond donors (Lipinski definition) is 1. The van der Waals surface area contributed by atoms with E-state index in [1.807, 2.05) is 7.05 Å². The number of carbonyl (C=O) groups is 1. The molecular formula is C28H25F3N6O. The van der Waals surface area contributed by atoms with Crippen molar-refractivity contribution >= 4 is 17.2 Å². The van der Waals surface area contributed by atoms with Gasteiger partial charge in [0, 0.05) is 50.0 Å². The number of likely N-dealkylation sites (N-methyl/N-ethyl adjacent to an activating group) is 1. The van der Waals surface area contributed by atoms with E-state index in [0.717, 1.165) is 32.2 Å². The van der Waals surface area contributed by atoms with Crippen LogP contribution in [-0.2, 0) is 12.7 Å². The van der Waals surface area contributed by atoms with Gasteiger partial charge in [-0.05, 0) is 61.0 Å². The number of imidazole rings is 1. The van der Waals surface area contributed by atoms with E-state index in [-0.39, 0.29) is 11.3 Å². The van der Waals surface area contributed by atoms with Crippen LogP contribution in [0.1, 0.15) is 32.7 Å². The molecule has 1 aliphatic rings. The van der Waals surface area contributed by atoms with Gasteiger partial charge in [-0.25, -0.2) is 9.50 Å². The molecule has 1 saturated heterocycles. The molecule has 38 heavy (non-hydrogen) atoms. The first-order valence-electron chi connectivity index (χ1n) is 12.1. The van der Waals surface area contributed by atoms with Gasteiger partial charge in [-0.1, -0.05) is 18.1 Å². The Labute approximate surface area is 217 Å². The van der Waals surface area contributed by atoms with Crippen LogP contribution in [0.5, 0.6) is 0 Å². The molecule has 0 unspecified atom stereocenters. The Hall–Kier alpha value is -4.20. The van der Waals surface area contributed by atoms with Crippen molar-refractivity contribution in [3.05, 3.63) is 94.9 Å². The van der Waals surface area contributed by atoms with Crippen LogP contribution >= 0.6 is 0 Å². The maximum atomic E-state index is 13.9. The van der Waals surface area contributed by atoms with Gasteiger partial charge in [-0.2, -0.15) is 18.3 Å². The van der Waals surface area contributed by atoms with Gasteiger partial charge in [-0.3, -0.25) is 9.69 Å². The van der Waals surface area contributed by atoms with Crippen molar-refractivity contribution in [1.29, 1.82) is 0 Å². The predicted molar refractivity (Wildman–Crippen MR) is 138 cm³/mol. The SMILES string of the molecule is CN1CCN(Cc2ccc(NC(=O)c3cccc(C#Cc4cnc5cccnn45)c3)c(C(F)(F)F)c2)CC1. The lowest BCUT2D eigenvalue weighted by atomic mass is 10.1. The molecule has 7 nitrogen and oxygen atoms in total. The molecule has 1 fully saturated rings. The Morgan fingerprint density at radius 3 is 2.63 bits per heavy atom. The van der Waals surface area contributed by atoms with Gasteiger partial charge in [-0.15, -0.1) is 0 Å². The number of amides is 1. The summed E-state index contributed by atoms with van der Waals surface area (Å²) in [5.41, 5.74) is 1.36. The van der Waals surface area contributed by atoms with Gasteiger partial charge in [0.15, 0.2) is 5.65 Å². The number of anilines is 1. The molecule has 1 N–H and O–H groups in total. The van der Waals surface area contributed by atoms with Crippen molar-refractivity contribution in [1.82, 2.24) is 24.4 Å². The minimum atomic E-state index is -4.61. The molecule has 1 amide bonds. The van der Waals surface area contributed by atoms with Crippen molar-refractivity contribution in [2.24, 2.45) is 0 Å². The zero-order valence-electron chi connectivity index (χ0n) is 20.7. The first-order valence-corrected chi connectivity index (χ1v) is 12.1. The Bertz CT molecular complexity index is 1530. The lowest BCUT2D eigenvalue weighted by Gasteiger charge is -2.32. The van der Waals surface area contributed by atoms with Gasteiger partial charge in [0.2, 0.25) is 0 Å². The van der Waals surface area contributed by atoms with Gasteiger partial charge < -0.3 is 10.2 Å². The van der Waals surface area contributed by atoms with E-state index in [0.29, 0.717) is 29.0 Å². The van der Waals surface area contributed by atoms with E-state index in [1.54, 1.807) is 47.2 Å². The topological polar surface area (TPSA) is 65.8 Å². The number of rotatable bonds is 4. The summed E-state index contributed by atoms with van der Waals surface area (Å²) < 4.78 is 43.4. The van der Waals surface area contributed by atoms with Gasteiger partial charge in [0.1, 0.15) is 5.69 Å².